The molecule has 40 heavy (non-hydrogen) atoms. The van der Waals surface area contributed by atoms with E-state index in [0.717, 1.165) is 77.3 Å². The van der Waals surface area contributed by atoms with Crippen LogP contribution in [0.25, 0.3) is 27.5 Å². The zero-order valence-corrected chi connectivity index (χ0v) is 23.5. The van der Waals surface area contributed by atoms with Crippen LogP contribution >= 0.6 is 11.3 Å². The number of anilines is 2. The van der Waals surface area contributed by atoms with Gasteiger partial charge in [0.1, 0.15) is 6.07 Å². The molecule has 0 atom stereocenters. The Labute approximate surface area is 236 Å². The Hall–Kier alpha value is -4.08. The number of aromatic nitrogens is 5. The first-order valence-electron chi connectivity index (χ1n) is 13.7. The molecule has 0 saturated carbocycles. The van der Waals surface area contributed by atoms with Crippen molar-refractivity contribution >= 4 is 33.6 Å². The fourth-order valence-electron chi connectivity index (χ4n) is 5.35. The number of hydrogen-bond acceptors (Lipinski definition) is 10. The highest BCUT2D eigenvalue weighted by atomic mass is 32.1. The summed E-state index contributed by atoms with van der Waals surface area (Å²) in [4.78, 5) is 21.9. The number of pyridine rings is 1. The highest BCUT2D eigenvalue weighted by Crippen LogP contribution is 2.36. The molecule has 0 aliphatic carbocycles. The van der Waals surface area contributed by atoms with Crippen LogP contribution in [0.15, 0.2) is 36.7 Å². The van der Waals surface area contributed by atoms with Gasteiger partial charge in [0, 0.05) is 50.0 Å². The number of amides is 1. The molecule has 4 aromatic rings. The number of piperidine rings is 1. The van der Waals surface area contributed by atoms with Crippen molar-refractivity contribution in [3.63, 3.8) is 0 Å². The number of nitrogens with zero attached hydrogens (tertiary/aromatic N) is 8. The zero-order valence-electron chi connectivity index (χ0n) is 22.7. The van der Waals surface area contributed by atoms with Crippen molar-refractivity contribution in [1.82, 2.24) is 35.0 Å². The van der Waals surface area contributed by atoms with Crippen LogP contribution in [0.1, 0.15) is 32.3 Å². The number of nitriles is 1. The predicted molar refractivity (Wildman–Crippen MR) is 155 cm³/mol. The van der Waals surface area contributed by atoms with E-state index in [-0.39, 0.29) is 12.0 Å². The standard InChI is InChI=1S/C28H32N10OS/c1-18(2)33-23-14-24(25-4-3-21-13-19(15-29)16-32-38(21)25)31-17-22(23)26-34-35-28(40-26)37-11-9-36(10-12-37)27(39)20-5-7-30-8-6-20/h3-4,13-14,16-18,20,30H,5-12H2,1-2H3,(H,31,33). The Bertz CT molecular complexity index is 1560. The molecule has 0 aromatic carbocycles. The molecular weight excluding hydrogens is 524 g/mol. The molecule has 206 valence electrons. The van der Waals surface area contributed by atoms with Crippen molar-refractivity contribution in [2.75, 3.05) is 49.5 Å². The van der Waals surface area contributed by atoms with Crippen molar-refractivity contribution < 1.29 is 4.79 Å². The lowest BCUT2D eigenvalue weighted by Crippen LogP contribution is -2.51. The van der Waals surface area contributed by atoms with E-state index < -0.39 is 0 Å². The zero-order chi connectivity index (χ0) is 27.6. The van der Waals surface area contributed by atoms with E-state index in [9.17, 15) is 10.1 Å². The number of carbonyl (C=O) groups is 1. The lowest BCUT2D eigenvalue weighted by atomic mass is 9.96. The van der Waals surface area contributed by atoms with E-state index in [2.05, 4.69) is 50.7 Å². The van der Waals surface area contributed by atoms with Crippen LogP contribution in [-0.2, 0) is 4.79 Å². The van der Waals surface area contributed by atoms with Gasteiger partial charge < -0.3 is 20.4 Å². The van der Waals surface area contributed by atoms with E-state index in [1.807, 2.05) is 35.4 Å². The van der Waals surface area contributed by atoms with E-state index in [4.69, 9.17) is 4.98 Å². The average Bonchev–Trinajstić information content (AvgIpc) is 3.64. The van der Waals surface area contributed by atoms with Crippen LogP contribution in [0.5, 0.6) is 0 Å². The third-order valence-electron chi connectivity index (χ3n) is 7.44. The number of fused-ring (bicyclic) bond motifs is 1. The minimum absolute atomic E-state index is 0.152. The first-order valence-corrected chi connectivity index (χ1v) is 14.5. The predicted octanol–water partition coefficient (Wildman–Crippen LogP) is 3.25. The van der Waals surface area contributed by atoms with E-state index in [1.165, 1.54) is 0 Å². The number of carbonyl (C=O) groups excluding carboxylic acids is 1. The second kappa shape index (κ2) is 11.2. The number of hydrogen-bond donors (Lipinski definition) is 2. The second-order valence-corrected chi connectivity index (χ2v) is 11.5. The molecule has 11 nitrogen and oxygen atoms in total. The van der Waals surface area contributed by atoms with Gasteiger partial charge in [0.2, 0.25) is 11.0 Å². The molecule has 2 N–H and O–H groups in total. The third kappa shape index (κ3) is 5.22. The van der Waals surface area contributed by atoms with Gasteiger partial charge in [-0.3, -0.25) is 9.78 Å². The van der Waals surface area contributed by atoms with Crippen LogP contribution in [0.2, 0.25) is 0 Å². The Kier molecular flexibility index (Phi) is 7.32. The van der Waals surface area contributed by atoms with Crippen molar-refractivity contribution in [3.8, 4) is 28.0 Å². The van der Waals surface area contributed by atoms with Crippen LogP contribution in [0, 0.1) is 17.2 Å². The molecule has 6 heterocycles. The number of rotatable bonds is 6. The van der Waals surface area contributed by atoms with Crippen LogP contribution in [0.4, 0.5) is 10.8 Å². The SMILES string of the molecule is CC(C)Nc1cc(-c2ccc3cc(C#N)cnn23)ncc1-c1nnc(N2CCN(C(=O)C3CCNCC3)CC2)s1. The first kappa shape index (κ1) is 26.2. The smallest absolute Gasteiger partial charge is 0.225 e. The Balaban J connectivity index is 1.21. The third-order valence-corrected chi connectivity index (χ3v) is 8.45. The summed E-state index contributed by atoms with van der Waals surface area (Å²) in [5.74, 6) is 0.449. The average molecular weight is 557 g/mol. The maximum atomic E-state index is 12.9. The van der Waals surface area contributed by atoms with Crippen molar-refractivity contribution in [3.05, 3.63) is 42.2 Å². The van der Waals surface area contributed by atoms with Crippen molar-refractivity contribution in [2.45, 2.75) is 32.7 Å². The molecule has 2 fully saturated rings. The number of piperazine rings is 1. The van der Waals surface area contributed by atoms with Gasteiger partial charge in [0.05, 0.1) is 34.2 Å². The molecule has 0 radical (unpaired) electrons. The van der Waals surface area contributed by atoms with Gasteiger partial charge in [-0.1, -0.05) is 11.3 Å². The van der Waals surface area contributed by atoms with E-state index in [1.54, 1.807) is 22.0 Å². The molecule has 1 amide bonds. The maximum Gasteiger partial charge on any atom is 0.225 e. The van der Waals surface area contributed by atoms with Crippen molar-refractivity contribution in [1.29, 1.82) is 5.26 Å². The first-order chi connectivity index (χ1) is 19.5. The lowest BCUT2D eigenvalue weighted by molar-refractivity contribution is -0.136. The fourth-order valence-corrected chi connectivity index (χ4v) is 6.27. The molecule has 0 spiro atoms. The normalized spacial score (nSPS) is 16.4. The van der Waals surface area contributed by atoms with Gasteiger partial charge in [-0.05, 0) is 64.0 Å². The highest BCUT2D eigenvalue weighted by Gasteiger charge is 2.29. The highest BCUT2D eigenvalue weighted by molar-refractivity contribution is 7.18. The molecule has 0 unspecified atom stereocenters. The molecule has 6 rings (SSSR count). The summed E-state index contributed by atoms with van der Waals surface area (Å²) in [6, 6.07) is 10.1. The Morgan fingerprint density at radius 1 is 1.12 bits per heavy atom. The summed E-state index contributed by atoms with van der Waals surface area (Å²) in [7, 11) is 0. The quantitative estimate of drug-likeness (QED) is 0.368. The van der Waals surface area contributed by atoms with E-state index >= 15 is 0 Å². The number of nitrogens with one attached hydrogen (secondary N) is 2. The van der Waals surface area contributed by atoms with Crippen LogP contribution in [0.3, 0.4) is 0 Å². The lowest BCUT2D eigenvalue weighted by Gasteiger charge is -2.36. The molecular formula is C28H32N10OS. The van der Waals surface area contributed by atoms with Gasteiger partial charge in [-0.2, -0.15) is 10.4 Å². The topological polar surface area (TPSA) is 127 Å². The fraction of sp³-hybridized carbons (Fsp3) is 0.429. The van der Waals surface area contributed by atoms with Crippen molar-refractivity contribution in [2.24, 2.45) is 5.92 Å². The minimum atomic E-state index is 0.152. The molecule has 12 heteroatoms. The summed E-state index contributed by atoms with van der Waals surface area (Å²) in [6.45, 7) is 8.97. The summed E-state index contributed by atoms with van der Waals surface area (Å²) < 4.78 is 1.79. The summed E-state index contributed by atoms with van der Waals surface area (Å²) in [5, 5.41) is 31.2. The molecule has 2 aliphatic rings. The summed E-state index contributed by atoms with van der Waals surface area (Å²) in [6.07, 6.45) is 5.25. The van der Waals surface area contributed by atoms with Gasteiger partial charge in [0.25, 0.3) is 0 Å². The van der Waals surface area contributed by atoms with Gasteiger partial charge in [-0.25, -0.2) is 4.52 Å². The molecule has 2 saturated heterocycles. The Morgan fingerprint density at radius 3 is 2.67 bits per heavy atom. The van der Waals surface area contributed by atoms with Gasteiger partial charge in [-0.15, -0.1) is 10.2 Å². The second-order valence-electron chi connectivity index (χ2n) is 10.6. The van der Waals surface area contributed by atoms with E-state index in [0.29, 0.717) is 24.6 Å². The van der Waals surface area contributed by atoms with Gasteiger partial charge >= 0.3 is 0 Å². The molecule has 0 bridgehead atoms. The Morgan fingerprint density at radius 2 is 1.93 bits per heavy atom. The maximum absolute atomic E-state index is 12.9. The van der Waals surface area contributed by atoms with Crippen LogP contribution < -0.4 is 15.5 Å². The summed E-state index contributed by atoms with van der Waals surface area (Å²) >= 11 is 1.55. The van der Waals surface area contributed by atoms with Crippen LogP contribution in [-0.4, -0.2) is 80.9 Å². The molecule has 4 aromatic heterocycles. The minimum Gasteiger partial charge on any atom is -0.382 e. The summed E-state index contributed by atoms with van der Waals surface area (Å²) in [5.41, 5.74) is 4.77. The monoisotopic (exact) mass is 556 g/mol. The largest absolute Gasteiger partial charge is 0.382 e. The van der Waals surface area contributed by atoms with Gasteiger partial charge in [0.15, 0.2) is 5.01 Å². The molecule has 2 aliphatic heterocycles.